The highest BCUT2D eigenvalue weighted by Gasteiger charge is 2.00. The van der Waals surface area contributed by atoms with E-state index >= 15 is 0 Å². The predicted octanol–water partition coefficient (Wildman–Crippen LogP) is 2.50. The molecule has 0 fully saturated rings. The van der Waals surface area contributed by atoms with Gasteiger partial charge >= 0.3 is 5.69 Å². The van der Waals surface area contributed by atoms with Gasteiger partial charge < -0.3 is 4.74 Å². The van der Waals surface area contributed by atoms with E-state index in [-0.39, 0.29) is 0 Å². The number of aromatic amines is 1. The molecular formula is C18H17N5O2. The summed E-state index contributed by atoms with van der Waals surface area (Å²) < 4.78 is 5.73. The predicted molar refractivity (Wildman–Crippen MR) is 95.8 cm³/mol. The lowest BCUT2D eigenvalue weighted by molar-refractivity contribution is 0.306. The first kappa shape index (κ1) is 16.4. The number of aromatic nitrogens is 3. The second-order valence-corrected chi connectivity index (χ2v) is 5.29. The number of aryl methyl sites for hydroxylation is 1. The van der Waals surface area contributed by atoms with Crippen molar-refractivity contribution < 1.29 is 4.74 Å². The number of H-pyrrole nitrogens is 1. The Labute approximate surface area is 144 Å². The van der Waals surface area contributed by atoms with Crippen LogP contribution in [0.25, 0.3) is 0 Å². The molecule has 0 atom stereocenters. The van der Waals surface area contributed by atoms with Gasteiger partial charge in [-0.1, -0.05) is 30.3 Å². The van der Waals surface area contributed by atoms with Crippen LogP contribution in [-0.4, -0.2) is 21.4 Å². The van der Waals surface area contributed by atoms with Crippen LogP contribution in [-0.2, 0) is 6.61 Å². The minimum atomic E-state index is -0.525. The van der Waals surface area contributed by atoms with Gasteiger partial charge in [-0.15, -0.1) is 0 Å². The van der Waals surface area contributed by atoms with E-state index in [9.17, 15) is 4.79 Å². The lowest BCUT2D eigenvalue weighted by atomic mass is 10.2. The van der Waals surface area contributed by atoms with E-state index in [1.54, 1.807) is 13.1 Å². The summed E-state index contributed by atoms with van der Waals surface area (Å²) in [7, 11) is 0. The Morgan fingerprint density at radius 3 is 2.68 bits per heavy atom. The number of nitrogens with one attached hydrogen (secondary N) is 2. The SMILES string of the molecule is Cc1n[nH]c(=O)nc1NN=Cc1ccc(OCc2ccccc2)cc1. The third-order valence-electron chi connectivity index (χ3n) is 3.39. The summed E-state index contributed by atoms with van der Waals surface area (Å²) in [6.45, 7) is 2.25. The minimum absolute atomic E-state index is 0.322. The van der Waals surface area contributed by atoms with Crippen LogP contribution in [0.5, 0.6) is 5.75 Å². The molecule has 0 bridgehead atoms. The fourth-order valence-corrected chi connectivity index (χ4v) is 2.06. The monoisotopic (exact) mass is 335 g/mol. The summed E-state index contributed by atoms with van der Waals surface area (Å²) in [5.74, 6) is 1.10. The van der Waals surface area contributed by atoms with Gasteiger partial charge in [0.15, 0.2) is 5.82 Å². The van der Waals surface area contributed by atoms with Crippen LogP contribution < -0.4 is 15.9 Å². The molecule has 0 radical (unpaired) electrons. The first-order chi connectivity index (χ1) is 12.2. The quantitative estimate of drug-likeness (QED) is 0.533. The Bertz CT molecular complexity index is 905. The topological polar surface area (TPSA) is 92.3 Å². The molecule has 2 aromatic carbocycles. The van der Waals surface area contributed by atoms with Gasteiger partial charge in [-0.25, -0.2) is 9.89 Å². The molecule has 1 heterocycles. The highest BCUT2D eigenvalue weighted by Crippen LogP contribution is 2.13. The highest BCUT2D eigenvalue weighted by molar-refractivity contribution is 5.80. The van der Waals surface area contributed by atoms with Crippen molar-refractivity contribution in [3.05, 3.63) is 81.9 Å². The lowest BCUT2D eigenvalue weighted by Crippen LogP contribution is -2.15. The van der Waals surface area contributed by atoms with Crippen molar-refractivity contribution >= 4 is 12.0 Å². The standard InChI is InChI=1S/C18H17N5O2/c1-13-17(20-18(24)23-21-13)22-19-11-14-7-9-16(10-8-14)25-12-15-5-3-2-4-6-15/h2-11H,12H2,1H3,(H2,20,22,23,24). The number of anilines is 1. The van der Waals surface area contributed by atoms with Gasteiger partial charge in [0, 0.05) is 0 Å². The summed E-state index contributed by atoms with van der Waals surface area (Å²) in [5, 5.41) is 10.1. The first-order valence-electron chi connectivity index (χ1n) is 7.70. The van der Waals surface area contributed by atoms with Crippen LogP contribution in [0.2, 0.25) is 0 Å². The van der Waals surface area contributed by atoms with Crippen molar-refractivity contribution in [1.29, 1.82) is 0 Å². The molecule has 0 aliphatic carbocycles. The van der Waals surface area contributed by atoms with Gasteiger partial charge in [0.2, 0.25) is 0 Å². The fraction of sp³-hybridized carbons (Fsp3) is 0.111. The van der Waals surface area contributed by atoms with E-state index < -0.39 is 5.69 Å². The maximum absolute atomic E-state index is 11.1. The second kappa shape index (κ2) is 7.87. The van der Waals surface area contributed by atoms with E-state index in [1.807, 2.05) is 54.6 Å². The molecule has 0 saturated carbocycles. The van der Waals surface area contributed by atoms with E-state index in [4.69, 9.17) is 4.74 Å². The molecule has 7 nitrogen and oxygen atoms in total. The van der Waals surface area contributed by atoms with Gasteiger partial charge in [0.05, 0.1) is 6.21 Å². The fourth-order valence-electron chi connectivity index (χ4n) is 2.06. The molecule has 3 aromatic rings. The Kier molecular flexibility index (Phi) is 5.16. The summed E-state index contributed by atoms with van der Waals surface area (Å²) in [5.41, 5.74) is 4.74. The summed E-state index contributed by atoms with van der Waals surface area (Å²) in [6.07, 6.45) is 1.63. The summed E-state index contributed by atoms with van der Waals surface area (Å²) >= 11 is 0. The molecule has 0 aliphatic heterocycles. The maximum atomic E-state index is 11.1. The first-order valence-corrected chi connectivity index (χ1v) is 7.70. The van der Waals surface area contributed by atoms with Crippen LogP contribution in [0.15, 0.2) is 64.5 Å². The van der Waals surface area contributed by atoms with Crippen molar-refractivity contribution in [3.8, 4) is 5.75 Å². The zero-order valence-corrected chi connectivity index (χ0v) is 13.6. The zero-order valence-electron chi connectivity index (χ0n) is 13.6. The number of rotatable bonds is 6. The van der Waals surface area contributed by atoms with Crippen LogP contribution in [0, 0.1) is 6.92 Å². The van der Waals surface area contributed by atoms with Crippen molar-refractivity contribution in [2.24, 2.45) is 5.10 Å². The molecule has 2 N–H and O–H groups in total. The van der Waals surface area contributed by atoms with E-state index in [0.29, 0.717) is 18.1 Å². The Balaban J connectivity index is 1.57. The number of hydrogen-bond donors (Lipinski definition) is 2. The van der Waals surface area contributed by atoms with Crippen molar-refractivity contribution in [3.63, 3.8) is 0 Å². The second-order valence-electron chi connectivity index (χ2n) is 5.29. The van der Waals surface area contributed by atoms with Crippen LogP contribution in [0.3, 0.4) is 0 Å². The molecule has 0 amide bonds. The summed E-state index contributed by atoms with van der Waals surface area (Å²) in [4.78, 5) is 14.9. The number of ether oxygens (including phenoxy) is 1. The average Bonchev–Trinajstić information content (AvgIpc) is 2.65. The summed E-state index contributed by atoms with van der Waals surface area (Å²) in [6, 6.07) is 17.5. The normalized spacial score (nSPS) is 10.8. The smallest absolute Gasteiger partial charge is 0.363 e. The molecule has 1 aromatic heterocycles. The van der Waals surface area contributed by atoms with Crippen LogP contribution in [0.4, 0.5) is 5.82 Å². The molecule has 0 unspecified atom stereocenters. The molecule has 126 valence electrons. The van der Waals surface area contributed by atoms with Gasteiger partial charge in [-0.05, 0) is 42.3 Å². The lowest BCUT2D eigenvalue weighted by Gasteiger charge is -2.06. The molecule has 0 spiro atoms. The van der Waals surface area contributed by atoms with Crippen molar-refractivity contribution in [1.82, 2.24) is 15.2 Å². The number of nitrogens with zero attached hydrogens (tertiary/aromatic N) is 3. The number of hydrazone groups is 1. The third-order valence-corrected chi connectivity index (χ3v) is 3.39. The third kappa shape index (κ3) is 4.74. The van der Waals surface area contributed by atoms with E-state index in [2.05, 4.69) is 25.7 Å². The zero-order chi connectivity index (χ0) is 17.5. The minimum Gasteiger partial charge on any atom is -0.489 e. The van der Waals surface area contributed by atoms with E-state index in [1.165, 1.54) is 0 Å². The van der Waals surface area contributed by atoms with Crippen molar-refractivity contribution in [2.75, 3.05) is 5.43 Å². The van der Waals surface area contributed by atoms with Crippen molar-refractivity contribution in [2.45, 2.75) is 13.5 Å². The van der Waals surface area contributed by atoms with Crippen LogP contribution in [0.1, 0.15) is 16.8 Å². The van der Waals surface area contributed by atoms with Crippen LogP contribution >= 0.6 is 0 Å². The van der Waals surface area contributed by atoms with Gasteiger partial charge in [0.25, 0.3) is 0 Å². The number of benzene rings is 2. The largest absolute Gasteiger partial charge is 0.489 e. The van der Waals surface area contributed by atoms with E-state index in [0.717, 1.165) is 16.9 Å². The highest BCUT2D eigenvalue weighted by atomic mass is 16.5. The van der Waals surface area contributed by atoms with Gasteiger partial charge in [-0.3, -0.25) is 5.43 Å². The van der Waals surface area contributed by atoms with Gasteiger partial charge in [0.1, 0.15) is 18.1 Å². The average molecular weight is 335 g/mol. The molecular weight excluding hydrogens is 318 g/mol. The molecule has 0 saturated heterocycles. The Morgan fingerprint density at radius 1 is 1.16 bits per heavy atom. The van der Waals surface area contributed by atoms with Gasteiger partial charge in [-0.2, -0.15) is 15.2 Å². The Hall–Kier alpha value is -3.48. The molecule has 3 rings (SSSR count). The maximum Gasteiger partial charge on any atom is 0.363 e. The Morgan fingerprint density at radius 2 is 1.92 bits per heavy atom. The number of hydrogen-bond acceptors (Lipinski definition) is 6. The molecule has 7 heteroatoms. The molecule has 25 heavy (non-hydrogen) atoms. The molecule has 0 aliphatic rings.